The fraction of sp³-hybridized carbons (Fsp3) is 0.263. The molecule has 2 aromatic rings. The van der Waals surface area contributed by atoms with Crippen molar-refractivity contribution in [1.82, 2.24) is 0 Å². The molecule has 4 rings (SSSR count). The molecular weight excluding hydrogens is 519 g/mol. The minimum absolute atomic E-state index is 0.0362. The van der Waals surface area contributed by atoms with E-state index in [1.54, 1.807) is 30.3 Å². The van der Waals surface area contributed by atoms with E-state index >= 15 is 0 Å². The van der Waals surface area contributed by atoms with Gasteiger partial charge in [0.1, 0.15) is 11.6 Å². The number of thioether (sulfide) groups is 1. The summed E-state index contributed by atoms with van der Waals surface area (Å²) in [6, 6.07) is 10.5. The minimum Gasteiger partial charge on any atom is -0.484 e. The van der Waals surface area contributed by atoms with Gasteiger partial charge < -0.3 is 9.64 Å². The molecule has 30 heavy (non-hydrogen) atoms. The Morgan fingerprint density at radius 1 is 1.27 bits per heavy atom. The van der Waals surface area contributed by atoms with Crippen LogP contribution in [-0.4, -0.2) is 48.9 Å². The van der Waals surface area contributed by atoms with Crippen molar-refractivity contribution in [1.29, 1.82) is 0 Å². The minimum atomic E-state index is -3.24. The molecule has 2 unspecified atom stereocenters. The molecule has 2 heterocycles. The van der Waals surface area contributed by atoms with Crippen molar-refractivity contribution >= 4 is 65.9 Å². The van der Waals surface area contributed by atoms with Crippen LogP contribution in [0.5, 0.6) is 5.75 Å². The van der Waals surface area contributed by atoms with E-state index in [-0.39, 0.29) is 34.2 Å². The van der Waals surface area contributed by atoms with E-state index in [1.807, 2.05) is 0 Å². The van der Waals surface area contributed by atoms with Gasteiger partial charge in [0.15, 0.2) is 21.6 Å². The standard InChI is InChI=1S/C19H15BrClFN2O4S2/c20-11-1-6-15(14(22)7-11)24-16-9-30(26,27)10-17(16)29-19(24)23-18(25)8-28-13-4-2-12(21)3-5-13/h1-7,16-17H,8-10H2. The van der Waals surface area contributed by atoms with Gasteiger partial charge in [-0.05, 0) is 42.5 Å². The molecule has 0 spiro atoms. The molecule has 2 aliphatic rings. The highest BCUT2D eigenvalue weighted by atomic mass is 79.9. The quantitative estimate of drug-likeness (QED) is 0.593. The third-order valence-electron chi connectivity index (χ3n) is 4.63. The van der Waals surface area contributed by atoms with Gasteiger partial charge in [-0.25, -0.2) is 12.8 Å². The molecule has 1 amide bonds. The Morgan fingerprint density at radius 3 is 2.70 bits per heavy atom. The molecule has 2 aromatic carbocycles. The zero-order valence-corrected chi connectivity index (χ0v) is 19.3. The van der Waals surface area contributed by atoms with Gasteiger partial charge in [0.25, 0.3) is 5.91 Å². The molecule has 6 nitrogen and oxygen atoms in total. The monoisotopic (exact) mass is 532 g/mol. The Hall–Kier alpha value is -1.62. The van der Waals surface area contributed by atoms with Crippen molar-refractivity contribution in [3.63, 3.8) is 0 Å². The molecule has 2 aliphatic heterocycles. The van der Waals surface area contributed by atoms with Gasteiger partial charge in [0.2, 0.25) is 0 Å². The molecule has 0 aromatic heterocycles. The zero-order chi connectivity index (χ0) is 21.5. The Balaban J connectivity index is 1.58. The van der Waals surface area contributed by atoms with Crippen LogP contribution in [0.25, 0.3) is 0 Å². The van der Waals surface area contributed by atoms with Crippen LogP contribution in [0.15, 0.2) is 51.9 Å². The van der Waals surface area contributed by atoms with Crippen LogP contribution in [0.1, 0.15) is 0 Å². The van der Waals surface area contributed by atoms with Crippen LogP contribution >= 0.6 is 39.3 Å². The number of carbonyl (C=O) groups excluding carboxylic acids is 1. The molecule has 11 heteroatoms. The number of amides is 1. The van der Waals surface area contributed by atoms with Gasteiger partial charge in [0.05, 0.1) is 23.2 Å². The van der Waals surface area contributed by atoms with Crippen LogP contribution in [-0.2, 0) is 14.6 Å². The molecular formula is C19H15BrClFN2O4S2. The molecule has 2 atom stereocenters. The fourth-order valence-electron chi connectivity index (χ4n) is 3.34. The third-order valence-corrected chi connectivity index (χ3v) is 8.59. The maximum Gasteiger partial charge on any atom is 0.285 e. The van der Waals surface area contributed by atoms with E-state index in [0.29, 0.717) is 15.2 Å². The van der Waals surface area contributed by atoms with E-state index in [0.717, 1.165) is 0 Å². The van der Waals surface area contributed by atoms with Crippen molar-refractivity contribution in [2.24, 2.45) is 4.99 Å². The summed E-state index contributed by atoms with van der Waals surface area (Å²) < 4.78 is 44.8. The molecule has 0 radical (unpaired) electrons. The number of rotatable bonds is 4. The zero-order valence-electron chi connectivity index (χ0n) is 15.3. The lowest BCUT2D eigenvalue weighted by atomic mass is 10.2. The lowest BCUT2D eigenvalue weighted by molar-refractivity contribution is -0.119. The number of halogens is 3. The summed E-state index contributed by atoms with van der Waals surface area (Å²) in [6.07, 6.45) is 0. The van der Waals surface area contributed by atoms with Gasteiger partial charge >= 0.3 is 0 Å². The molecule has 158 valence electrons. The normalized spacial score (nSPS) is 23.6. The lowest BCUT2D eigenvalue weighted by Gasteiger charge is -2.25. The number of fused-ring (bicyclic) bond motifs is 1. The number of hydrogen-bond acceptors (Lipinski definition) is 5. The largest absolute Gasteiger partial charge is 0.484 e. The summed E-state index contributed by atoms with van der Waals surface area (Å²) in [5.41, 5.74) is 0.181. The van der Waals surface area contributed by atoms with Crippen LogP contribution < -0.4 is 9.64 Å². The van der Waals surface area contributed by atoms with Crippen LogP contribution in [0, 0.1) is 5.82 Å². The number of ether oxygens (including phenoxy) is 1. The Morgan fingerprint density at radius 2 is 2.00 bits per heavy atom. The highest BCUT2D eigenvalue weighted by molar-refractivity contribution is 9.10. The molecule has 0 saturated carbocycles. The summed E-state index contributed by atoms with van der Waals surface area (Å²) in [6.45, 7) is -0.310. The first-order valence-electron chi connectivity index (χ1n) is 8.83. The fourth-order valence-corrected chi connectivity index (χ4v) is 7.72. The third kappa shape index (κ3) is 4.66. The first kappa shape index (κ1) is 21.6. The number of aliphatic imine (C=N–C) groups is 1. The van der Waals surface area contributed by atoms with Gasteiger partial charge in [-0.15, -0.1) is 0 Å². The predicted molar refractivity (Wildman–Crippen MR) is 120 cm³/mol. The molecule has 0 bridgehead atoms. The van der Waals surface area contributed by atoms with E-state index in [4.69, 9.17) is 16.3 Å². The number of anilines is 1. The van der Waals surface area contributed by atoms with Crippen LogP contribution in [0.3, 0.4) is 0 Å². The highest BCUT2D eigenvalue weighted by Crippen LogP contribution is 2.42. The van der Waals surface area contributed by atoms with E-state index in [1.165, 1.54) is 28.8 Å². The summed E-state index contributed by atoms with van der Waals surface area (Å²) in [5.74, 6) is -0.781. The van der Waals surface area contributed by atoms with Gasteiger partial charge in [-0.2, -0.15) is 4.99 Å². The van der Waals surface area contributed by atoms with E-state index in [2.05, 4.69) is 20.9 Å². The smallest absolute Gasteiger partial charge is 0.285 e. The maximum atomic E-state index is 14.7. The second-order valence-electron chi connectivity index (χ2n) is 6.80. The summed E-state index contributed by atoms with van der Waals surface area (Å²) in [5, 5.41) is 0.498. The van der Waals surface area contributed by atoms with Crippen molar-refractivity contribution in [3.8, 4) is 5.75 Å². The first-order chi connectivity index (χ1) is 14.2. The van der Waals surface area contributed by atoms with Crippen molar-refractivity contribution in [2.45, 2.75) is 11.3 Å². The SMILES string of the molecule is O=C(COc1ccc(Cl)cc1)N=C1SC2CS(=O)(=O)CC2N1c1ccc(Br)cc1F. The number of benzene rings is 2. The molecule has 2 saturated heterocycles. The number of hydrogen-bond donors (Lipinski definition) is 0. The van der Waals surface area contributed by atoms with Crippen molar-refractivity contribution in [3.05, 3.63) is 57.8 Å². The van der Waals surface area contributed by atoms with Crippen molar-refractivity contribution in [2.75, 3.05) is 23.0 Å². The number of amidine groups is 1. The molecule has 0 aliphatic carbocycles. The molecule has 0 N–H and O–H groups in total. The average Bonchev–Trinajstić information content (AvgIpc) is 3.13. The second kappa shape index (κ2) is 8.49. The van der Waals surface area contributed by atoms with Crippen LogP contribution in [0.2, 0.25) is 5.02 Å². The summed E-state index contributed by atoms with van der Waals surface area (Å²) in [4.78, 5) is 18.0. The number of carbonyl (C=O) groups is 1. The molecule has 2 fully saturated rings. The van der Waals surface area contributed by atoms with Gasteiger partial charge in [-0.3, -0.25) is 4.79 Å². The topological polar surface area (TPSA) is 76.0 Å². The number of nitrogens with zero attached hydrogens (tertiary/aromatic N) is 2. The summed E-state index contributed by atoms with van der Waals surface area (Å²) in [7, 11) is -3.24. The predicted octanol–water partition coefficient (Wildman–Crippen LogP) is 3.92. The Kier molecular flexibility index (Phi) is 6.11. The Bertz CT molecular complexity index is 1130. The number of sulfone groups is 1. The van der Waals surface area contributed by atoms with E-state index in [9.17, 15) is 17.6 Å². The van der Waals surface area contributed by atoms with Gasteiger partial charge in [0, 0.05) is 14.7 Å². The van der Waals surface area contributed by atoms with Crippen LogP contribution in [0.4, 0.5) is 10.1 Å². The van der Waals surface area contributed by atoms with Crippen molar-refractivity contribution < 1.29 is 22.3 Å². The highest BCUT2D eigenvalue weighted by Gasteiger charge is 2.50. The summed E-state index contributed by atoms with van der Waals surface area (Å²) >= 11 is 10.2. The van der Waals surface area contributed by atoms with E-state index < -0.39 is 27.6 Å². The first-order valence-corrected chi connectivity index (χ1v) is 12.7. The average molecular weight is 534 g/mol. The second-order valence-corrected chi connectivity index (χ2v) is 11.5. The Labute approximate surface area is 190 Å². The van der Waals surface area contributed by atoms with Gasteiger partial charge in [-0.1, -0.05) is 39.3 Å². The maximum absolute atomic E-state index is 14.7. The lowest BCUT2D eigenvalue weighted by Crippen LogP contribution is -2.38.